The summed E-state index contributed by atoms with van der Waals surface area (Å²) in [6, 6.07) is 10.7. The number of hydrogen-bond donors (Lipinski definition) is 2. The number of carbonyl (C=O) groups excluding carboxylic acids is 1. The second-order valence-electron chi connectivity index (χ2n) is 5.14. The molecule has 7 heteroatoms. The lowest BCUT2D eigenvalue weighted by Gasteiger charge is -2.06. The third kappa shape index (κ3) is 3.93. The van der Waals surface area contributed by atoms with Crippen molar-refractivity contribution >= 4 is 29.1 Å². The molecule has 122 valence electrons. The number of hydrogen-bond acceptors (Lipinski definition) is 3. The number of aromatic nitrogens is 3. The van der Waals surface area contributed by atoms with E-state index in [0.717, 1.165) is 11.1 Å². The van der Waals surface area contributed by atoms with Crippen LogP contribution >= 0.6 is 23.2 Å². The van der Waals surface area contributed by atoms with Crippen molar-refractivity contribution in [3.8, 4) is 11.3 Å². The lowest BCUT2D eigenvalue weighted by atomic mass is 10.1. The zero-order valence-electron chi connectivity index (χ0n) is 12.6. The van der Waals surface area contributed by atoms with Gasteiger partial charge in [0.25, 0.3) is 5.91 Å². The van der Waals surface area contributed by atoms with Crippen LogP contribution in [0.3, 0.4) is 0 Å². The van der Waals surface area contributed by atoms with Crippen LogP contribution in [0.25, 0.3) is 11.3 Å². The van der Waals surface area contributed by atoms with Gasteiger partial charge in [0.05, 0.1) is 5.69 Å². The quantitative estimate of drug-likeness (QED) is 0.727. The second-order valence-corrected chi connectivity index (χ2v) is 5.99. The van der Waals surface area contributed by atoms with Crippen LogP contribution in [0, 0.1) is 0 Å². The van der Waals surface area contributed by atoms with E-state index in [0.29, 0.717) is 34.4 Å². The Kier molecular flexibility index (Phi) is 5.13. The molecule has 1 aromatic carbocycles. The predicted octanol–water partition coefficient (Wildman–Crippen LogP) is 3.75. The lowest BCUT2D eigenvalue weighted by Crippen LogP contribution is -2.26. The van der Waals surface area contributed by atoms with Crippen LogP contribution in [0.15, 0.2) is 48.8 Å². The zero-order valence-corrected chi connectivity index (χ0v) is 14.1. The number of rotatable bonds is 5. The summed E-state index contributed by atoms with van der Waals surface area (Å²) in [4.78, 5) is 16.1. The van der Waals surface area contributed by atoms with Gasteiger partial charge in [-0.3, -0.25) is 14.9 Å². The number of amides is 1. The Bertz CT molecular complexity index is 849. The van der Waals surface area contributed by atoms with E-state index in [-0.39, 0.29) is 5.91 Å². The van der Waals surface area contributed by atoms with Crippen molar-refractivity contribution in [2.75, 3.05) is 6.54 Å². The lowest BCUT2D eigenvalue weighted by molar-refractivity contribution is 0.0949. The van der Waals surface area contributed by atoms with Gasteiger partial charge in [0.2, 0.25) is 0 Å². The number of pyridine rings is 1. The molecule has 3 rings (SSSR count). The maximum atomic E-state index is 12.2. The minimum absolute atomic E-state index is 0.215. The molecule has 0 atom stereocenters. The number of H-pyrrole nitrogens is 1. The Morgan fingerprint density at radius 1 is 1.12 bits per heavy atom. The van der Waals surface area contributed by atoms with Crippen LogP contribution in [-0.4, -0.2) is 27.6 Å². The van der Waals surface area contributed by atoms with E-state index in [4.69, 9.17) is 23.2 Å². The van der Waals surface area contributed by atoms with Gasteiger partial charge in [-0.2, -0.15) is 5.10 Å². The summed E-state index contributed by atoms with van der Waals surface area (Å²) in [5.74, 6) is -0.215. The summed E-state index contributed by atoms with van der Waals surface area (Å²) < 4.78 is 0. The van der Waals surface area contributed by atoms with Crippen LogP contribution < -0.4 is 5.32 Å². The van der Waals surface area contributed by atoms with Crippen molar-refractivity contribution in [1.82, 2.24) is 20.5 Å². The summed E-state index contributed by atoms with van der Waals surface area (Å²) in [5.41, 5.74) is 2.93. The number of nitrogens with zero attached hydrogens (tertiary/aromatic N) is 2. The van der Waals surface area contributed by atoms with Crippen molar-refractivity contribution in [2.45, 2.75) is 6.42 Å². The van der Waals surface area contributed by atoms with E-state index < -0.39 is 0 Å². The third-order valence-electron chi connectivity index (χ3n) is 3.49. The first-order valence-corrected chi connectivity index (χ1v) is 8.07. The highest BCUT2D eigenvalue weighted by Gasteiger charge is 2.11. The van der Waals surface area contributed by atoms with Gasteiger partial charge in [0.1, 0.15) is 5.69 Å². The molecule has 2 aromatic heterocycles. The van der Waals surface area contributed by atoms with Gasteiger partial charge < -0.3 is 5.32 Å². The van der Waals surface area contributed by atoms with Crippen molar-refractivity contribution in [3.63, 3.8) is 0 Å². The molecule has 2 heterocycles. The first kappa shape index (κ1) is 16.5. The van der Waals surface area contributed by atoms with Gasteiger partial charge >= 0.3 is 0 Å². The first-order chi connectivity index (χ1) is 11.6. The number of aromatic amines is 1. The fourth-order valence-electron chi connectivity index (χ4n) is 2.24. The fourth-order valence-corrected chi connectivity index (χ4v) is 2.74. The van der Waals surface area contributed by atoms with Crippen molar-refractivity contribution in [2.24, 2.45) is 0 Å². The molecular weight excluding hydrogens is 347 g/mol. The minimum atomic E-state index is -0.215. The maximum absolute atomic E-state index is 12.2. The van der Waals surface area contributed by atoms with Crippen molar-refractivity contribution in [3.05, 3.63) is 70.1 Å². The highest BCUT2D eigenvalue weighted by atomic mass is 35.5. The van der Waals surface area contributed by atoms with Crippen LogP contribution in [0.1, 0.15) is 16.1 Å². The number of nitrogens with one attached hydrogen (secondary N) is 2. The molecule has 0 bridgehead atoms. The molecule has 1 amide bonds. The van der Waals surface area contributed by atoms with Crippen LogP contribution in [-0.2, 0) is 6.42 Å². The SMILES string of the molecule is O=C(NCCc1ccc(Cl)cc1Cl)c1cc(-c2ccncc2)n[nH]1. The highest BCUT2D eigenvalue weighted by molar-refractivity contribution is 6.35. The highest BCUT2D eigenvalue weighted by Crippen LogP contribution is 2.21. The predicted molar refractivity (Wildman–Crippen MR) is 94.3 cm³/mol. The Morgan fingerprint density at radius 3 is 2.67 bits per heavy atom. The number of halogens is 2. The van der Waals surface area contributed by atoms with Gasteiger partial charge in [0, 0.05) is 34.5 Å². The monoisotopic (exact) mass is 360 g/mol. The standard InChI is InChI=1S/C17H14Cl2N4O/c18-13-2-1-11(14(19)9-13)5-8-21-17(24)16-10-15(22-23-16)12-3-6-20-7-4-12/h1-4,6-7,9-10H,5,8H2,(H,21,24)(H,22,23). The third-order valence-corrected chi connectivity index (χ3v) is 4.08. The summed E-state index contributed by atoms with van der Waals surface area (Å²) >= 11 is 12.0. The molecule has 0 radical (unpaired) electrons. The molecule has 0 aliphatic rings. The molecule has 0 saturated heterocycles. The van der Waals surface area contributed by atoms with E-state index in [1.165, 1.54) is 0 Å². The second kappa shape index (κ2) is 7.47. The van der Waals surface area contributed by atoms with Gasteiger partial charge in [-0.15, -0.1) is 0 Å². The molecule has 24 heavy (non-hydrogen) atoms. The van der Waals surface area contributed by atoms with Gasteiger partial charge in [-0.25, -0.2) is 0 Å². The molecule has 0 saturated carbocycles. The Balaban J connectivity index is 1.59. The van der Waals surface area contributed by atoms with Gasteiger partial charge in [-0.05, 0) is 42.3 Å². The van der Waals surface area contributed by atoms with Crippen LogP contribution in [0.4, 0.5) is 0 Å². The smallest absolute Gasteiger partial charge is 0.269 e. The molecule has 3 aromatic rings. The molecule has 0 aliphatic heterocycles. The minimum Gasteiger partial charge on any atom is -0.350 e. The van der Waals surface area contributed by atoms with Crippen LogP contribution in [0.2, 0.25) is 10.0 Å². The average molecular weight is 361 g/mol. The largest absolute Gasteiger partial charge is 0.350 e. The maximum Gasteiger partial charge on any atom is 0.269 e. The summed E-state index contributed by atoms with van der Waals surface area (Å²) in [7, 11) is 0. The van der Waals surface area contributed by atoms with Crippen molar-refractivity contribution in [1.29, 1.82) is 0 Å². The fraction of sp³-hybridized carbons (Fsp3) is 0.118. The molecule has 2 N–H and O–H groups in total. The first-order valence-electron chi connectivity index (χ1n) is 7.31. The van der Waals surface area contributed by atoms with Crippen LogP contribution in [0.5, 0.6) is 0 Å². The van der Waals surface area contributed by atoms with Gasteiger partial charge in [0.15, 0.2) is 0 Å². The van der Waals surface area contributed by atoms with E-state index in [9.17, 15) is 4.79 Å². The Hall–Kier alpha value is -2.37. The summed E-state index contributed by atoms with van der Waals surface area (Å²) in [6.07, 6.45) is 3.98. The summed E-state index contributed by atoms with van der Waals surface area (Å²) in [6.45, 7) is 0.462. The number of carbonyl (C=O) groups is 1. The van der Waals surface area contributed by atoms with E-state index in [1.54, 1.807) is 30.6 Å². The molecule has 0 unspecified atom stereocenters. The van der Waals surface area contributed by atoms with Gasteiger partial charge in [-0.1, -0.05) is 29.3 Å². The average Bonchev–Trinajstić information content (AvgIpc) is 3.08. The Labute approximate surface area is 149 Å². The molecular formula is C17H14Cl2N4O. The zero-order chi connectivity index (χ0) is 16.9. The Morgan fingerprint density at radius 2 is 1.92 bits per heavy atom. The molecule has 0 aliphatic carbocycles. The summed E-state index contributed by atoms with van der Waals surface area (Å²) in [5, 5.41) is 10.9. The van der Waals surface area contributed by atoms with E-state index >= 15 is 0 Å². The molecule has 0 spiro atoms. The van der Waals surface area contributed by atoms with Crippen molar-refractivity contribution < 1.29 is 4.79 Å². The van der Waals surface area contributed by atoms with E-state index in [2.05, 4.69) is 20.5 Å². The molecule has 5 nitrogen and oxygen atoms in total. The normalized spacial score (nSPS) is 10.6. The molecule has 0 fully saturated rings. The number of benzene rings is 1. The van der Waals surface area contributed by atoms with E-state index in [1.807, 2.05) is 18.2 Å². The topological polar surface area (TPSA) is 70.7 Å².